The van der Waals surface area contributed by atoms with Gasteiger partial charge < -0.3 is 0 Å². The van der Waals surface area contributed by atoms with Gasteiger partial charge in [-0.2, -0.15) is 0 Å². The van der Waals surface area contributed by atoms with Gasteiger partial charge >= 0.3 is 0 Å². The van der Waals surface area contributed by atoms with E-state index < -0.39 is 15.1 Å². The van der Waals surface area contributed by atoms with E-state index in [1.807, 2.05) is 0 Å². The first kappa shape index (κ1) is 31.6. The van der Waals surface area contributed by atoms with Crippen molar-refractivity contribution in [2.75, 3.05) is 0 Å². The molecule has 2 unspecified atom stereocenters. The van der Waals surface area contributed by atoms with Crippen molar-refractivity contribution in [3.8, 4) is 44.5 Å². The van der Waals surface area contributed by atoms with Gasteiger partial charge in [0.25, 0.3) is 0 Å². The molecule has 0 nitrogen and oxygen atoms in total. The molecule has 11 rings (SSSR count). The summed E-state index contributed by atoms with van der Waals surface area (Å²) in [5.41, 5.74) is 10.4. The van der Waals surface area contributed by atoms with Crippen LogP contribution in [0.25, 0.3) is 108 Å². The van der Waals surface area contributed by atoms with E-state index in [9.17, 15) is 0 Å². The van der Waals surface area contributed by atoms with E-state index in [2.05, 4.69) is 195 Å². The summed E-state index contributed by atoms with van der Waals surface area (Å²) < 4.78 is 0. The van der Waals surface area contributed by atoms with Crippen LogP contribution in [-0.2, 0) is 13.3 Å². The highest BCUT2D eigenvalue weighted by molar-refractivity contribution is 7.60. The zero-order valence-corrected chi connectivity index (χ0v) is 32.0. The summed E-state index contributed by atoms with van der Waals surface area (Å²) in [4.78, 5) is 0. The number of benzene rings is 9. The Morgan fingerprint density at radius 3 is 1.20 bits per heavy atom. The molecule has 9 aromatic carbocycles. The maximum absolute atomic E-state index is 2.53. The Bertz CT molecular complexity index is 3110. The predicted octanol–water partition coefficient (Wildman–Crippen LogP) is 16.3. The molecule has 254 valence electrons. The van der Waals surface area contributed by atoms with Gasteiger partial charge in [0, 0.05) is 20.5 Å². The SMILES string of the molecule is Cp1c2ccccc2c2cccc(-c3cccc4c(-c5ccccc5-c5ccccc5)c5cccc(-c6cccc7c8ccccc8p(C)c67)c5cc34)c21. The van der Waals surface area contributed by atoms with Crippen molar-refractivity contribution in [1.82, 2.24) is 0 Å². The van der Waals surface area contributed by atoms with Crippen molar-refractivity contribution in [3.05, 3.63) is 182 Å². The lowest BCUT2D eigenvalue weighted by molar-refractivity contribution is 1.61. The Morgan fingerprint density at radius 1 is 0.278 bits per heavy atom. The number of fused-ring (bicyclic) bond motifs is 8. The van der Waals surface area contributed by atoms with Gasteiger partial charge in [0.05, 0.1) is 0 Å². The molecule has 2 heterocycles. The normalized spacial score (nSPS) is 12.6. The van der Waals surface area contributed by atoms with Gasteiger partial charge in [-0.25, -0.2) is 0 Å². The summed E-state index contributed by atoms with van der Waals surface area (Å²) in [5.74, 6) is 0. The summed E-state index contributed by atoms with van der Waals surface area (Å²) in [7, 11) is -0.979. The lowest BCUT2D eigenvalue weighted by Gasteiger charge is -2.20. The van der Waals surface area contributed by atoms with E-state index in [1.54, 1.807) is 0 Å². The zero-order valence-electron chi connectivity index (χ0n) is 30.2. The molecule has 0 saturated heterocycles. The van der Waals surface area contributed by atoms with Crippen LogP contribution in [0.1, 0.15) is 0 Å². The first-order valence-electron chi connectivity index (χ1n) is 18.7. The summed E-state index contributed by atoms with van der Waals surface area (Å²) in [6, 6.07) is 68.5. The zero-order chi connectivity index (χ0) is 35.9. The molecule has 2 aromatic heterocycles. The molecular weight excluding hydrogens is 687 g/mol. The molecule has 0 saturated carbocycles. The van der Waals surface area contributed by atoms with Crippen molar-refractivity contribution in [2.24, 2.45) is 13.3 Å². The van der Waals surface area contributed by atoms with Crippen LogP contribution in [0, 0.1) is 0 Å². The van der Waals surface area contributed by atoms with E-state index in [-0.39, 0.29) is 0 Å². The Balaban J connectivity index is 1.30. The summed E-state index contributed by atoms with van der Waals surface area (Å²) in [5, 5.41) is 16.7. The van der Waals surface area contributed by atoms with Gasteiger partial charge in [-0.3, -0.25) is 0 Å². The van der Waals surface area contributed by atoms with Crippen LogP contribution in [0.5, 0.6) is 0 Å². The summed E-state index contributed by atoms with van der Waals surface area (Å²) in [6.07, 6.45) is 0. The maximum Gasteiger partial charge on any atom is 0.00996 e. The van der Waals surface area contributed by atoms with Gasteiger partial charge in [-0.1, -0.05) is 176 Å². The van der Waals surface area contributed by atoms with Gasteiger partial charge in [0.2, 0.25) is 0 Å². The highest BCUT2D eigenvalue weighted by atomic mass is 31.1. The third-order valence-electron chi connectivity index (χ3n) is 11.8. The number of rotatable bonds is 4. The molecule has 0 amide bonds. The van der Waals surface area contributed by atoms with E-state index >= 15 is 0 Å². The highest BCUT2D eigenvalue weighted by Crippen LogP contribution is 2.54. The monoisotopic (exact) mass is 722 g/mol. The predicted molar refractivity (Wildman–Crippen MR) is 241 cm³/mol. The molecule has 54 heavy (non-hydrogen) atoms. The van der Waals surface area contributed by atoms with E-state index in [1.165, 1.54) is 108 Å². The largest absolute Gasteiger partial charge is 0.111 e. The average molecular weight is 723 g/mol. The van der Waals surface area contributed by atoms with Crippen molar-refractivity contribution >= 4 is 78.6 Å². The first-order valence-corrected chi connectivity index (χ1v) is 22.3. The molecule has 2 heteroatoms. The molecule has 0 aliphatic rings. The van der Waals surface area contributed by atoms with Crippen LogP contribution in [0.3, 0.4) is 0 Å². The average Bonchev–Trinajstić information content (AvgIpc) is 3.70. The minimum Gasteiger partial charge on any atom is -0.111 e. The lowest BCUT2D eigenvalue weighted by Crippen LogP contribution is -1.92. The lowest BCUT2D eigenvalue weighted by atomic mass is 9.84. The van der Waals surface area contributed by atoms with E-state index in [4.69, 9.17) is 0 Å². The summed E-state index contributed by atoms with van der Waals surface area (Å²) >= 11 is 0. The van der Waals surface area contributed by atoms with Crippen LogP contribution in [0.15, 0.2) is 182 Å². The van der Waals surface area contributed by atoms with Crippen molar-refractivity contribution in [1.29, 1.82) is 0 Å². The number of aryl methyl sites for hydroxylation is 2. The topological polar surface area (TPSA) is 0 Å². The second-order valence-electron chi connectivity index (χ2n) is 14.5. The molecule has 0 bridgehead atoms. The molecular formula is C52H36P2. The second-order valence-corrected chi connectivity index (χ2v) is 18.6. The molecule has 11 aromatic rings. The minimum absolute atomic E-state index is 0.489. The Labute approximate surface area is 317 Å². The third-order valence-corrected chi connectivity index (χ3v) is 16.3. The number of hydrogen-bond donors (Lipinski definition) is 0. The fraction of sp³-hybridized carbons (Fsp3) is 0.0385. The Kier molecular flexibility index (Phi) is 7.22. The number of hydrogen-bond acceptors (Lipinski definition) is 0. The minimum atomic E-state index is -0.489. The molecule has 0 N–H and O–H groups in total. The van der Waals surface area contributed by atoms with Crippen LogP contribution in [0.2, 0.25) is 0 Å². The van der Waals surface area contributed by atoms with Gasteiger partial charge in [0.1, 0.15) is 0 Å². The van der Waals surface area contributed by atoms with Gasteiger partial charge in [0.15, 0.2) is 0 Å². The highest BCUT2D eigenvalue weighted by Gasteiger charge is 2.21. The molecule has 0 radical (unpaired) electrons. The standard InChI is InChI=1S/C52H36P2/c1-53-48-30-10-8-19-37(48)44-28-14-26-42(51(44)53)35-22-12-24-40-46(35)32-47-36(43-27-15-29-45-38-20-9-11-31-49(38)54(2)52(43)45)23-13-25-41(47)50(40)39-21-7-6-18-34(39)33-16-4-3-5-17-33/h3-32H,1-2H3. The Hall–Kier alpha value is -5.90. The molecule has 0 spiro atoms. The molecule has 0 aliphatic heterocycles. The molecule has 0 fully saturated rings. The van der Waals surface area contributed by atoms with Crippen molar-refractivity contribution < 1.29 is 0 Å². The second kappa shape index (κ2) is 12.3. The van der Waals surface area contributed by atoms with Crippen molar-refractivity contribution in [2.45, 2.75) is 0 Å². The third kappa shape index (κ3) is 4.58. The van der Waals surface area contributed by atoms with E-state index in [0.29, 0.717) is 0 Å². The maximum atomic E-state index is 2.53. The first-order chi connectivity index (χ1) is 26.7. The smallest absolute Gasteiger partial charge is 0.00996 e. The van der Waals surface area contributed by atoms with Crippen LogP contribution in [-0.4, -0.2) is 0 Å². The molecule has 2 atom stereocenters. The van der Waals surface area contributed by atoms with Gasteiger partial charge in [-0.05, 0) is 107 Å². The van der Waals surface area contributed by atoms with Crippen LogP contribution >= 0.6 is 15.1 Å². The van der Waals surface area contributed by atoms with Gasteiger partial charge in [-0.15, -0.1) is 15.1 Å². The fourth-order valence-corrected chi connectivity index (χ4v) is 13.8. The van der Waals surface area contributed by atoms with Crippen LogP contribution in [0.4, 0.5) is 0 Å². The van der Waals surface area contributed by atoms with Crippen LogP contribution < -0.4 is 0 Å². The quantitative estimate of drug-likeness (QED) is 0.159. The van der Waals surface area contributed by atoms with E-state index in [0.717, 1.165) is 0 Å². The molecule has 0 aliphatic carbocycles. The fourth-order valence-electron chi connectivity index (χ4n) is 9.41. The Morgan fingerprint density at radius 2 is 0.667 bits per heavy atom. The summed E-state index contributed by atoms with van der Waals surface area (Å²) in [6.45, 7) is 4.89. The van der Waals surface area contributed by atoms with Crippen molar-refractivity contribution in [3.63, 3.8) is 0 Å².